The molecule has 0 aromatic carbocycles. The maximum Gasteiger partial charge on any atom is 0.257 e. The average molecular weight is 328 g/mol. The summed E-state index contributed by atoms with van der Waals surface area (Å²) in [4.78, 5) is 18.9. The van der Waals surface area contributed by atoms with Crippen LogP contribution in [0.3, 0.4) is 0 Å². The van der Waals surface area contributed by atoms with Crippen molar-refractivity contribution in [3.05, 3.63) is 42.4 Å². The number of carbonyl (C=O) groups is 1. The van der Waals surface area contributed by atoms with Crippen LogP contribution in [0.15, 0.2) is 36.8 Å². The molecular formula is C17H20N4O3. The molecule has 0 spiro atoms. The highest BCUT2D eigenvalue weighted by Gasteiger charge is 2.45. The Morgan fingerprint density at radius 3 is 3.04 bits per heavy atom. The molecule has 7 nitrogen and oxygen atoms in total. The van der Waals surface area contributed by atoms with E-state index in [-0.39, 0.29) is 24.2 Å². The number of likely N-dealkylation sites (tertiary alicyclic amines) is 1. The van der Waals surface area contributed by atoms with Crippen molar-refractivity contribution in [3.63, 3.8) is 0 Å². The van der Waals surface area contributed by atoms with E-state index < -0.39 is 0 Å². The van der Waals surface area contributed by atoms with Crippen LogP contribution in [0, 0.1) is 0 Å². The van der Waals surface area contributed by atoms with Crippen molar-refractivity contribution in [2.24, 2.45) is 7.05 Å². The molecule has 0 radical (unpaired) electrons. The summed E-state index contributed by atoms with van der Waals surface area (Å²) < 4.78 is 13.6. The molecule has 0 bridgehead atoms. The van der Waals surface area contributed by atoms with Crippen molar-refractivity contribution in [3.8, 4) is 5.88 Å². The number of piperidine rings is 1. The molecule has 24 heavy (non-hydrogen) atoms. The van der Waals surface area contributed by atoms with Crippen molar-refractivity contribution in [1.82, 2.24) is 19.7 Å². The molecule has 2 aromatic rings. The van der Waals surface area contributed by atoms with Crippen LogP contribution in [-0.4, -0.2) is 57.0 Å². The predicted molar refractivity (Wildman–Crippen MR) is 85.7 cm³/mol. The lowest BCUT2D eigenvalue weighted by atomic mass is 9.95. The van der Waals surface area contributed by atoms with Crippen LogP contribution >= 0.6 is 0 Å². The average Bonchev–Trinajstić information content (AvgIpc) is 3.25. The molecule has 0 unspecified atom stereocenters. The highest BCUT2D eigenvalue weighted by atomic mass is 16.5. The number of aromatic nitrogens is 3. The highest BCUT2D eigenvalue weighted by molar-refractivity contribution is 5.94. The smallest absolute Gasteiger partial charge is 0.257 e. The molecule has 3 atom stereocenters. The number of nitrogens with zero attached hydrogens (tertiary/aromatic N) is 4. The van der Waals surface area contributed by atoms with Crippen LogP contribution in [0.1, 0.15) is 23.2 Å². The van der Waals surface area contributed by atoms with E-state index in [2.05, 4.69) is 10.1 Å². The summed E-state index contributed by atoms with van der Waals surface area (Å²) in [6.07, 6.45) is 6.45. The zero-order valence-corrected chi connectivity index (χ0v) is 13.5. The van der Waals surface area contributed by atoms with Gasteiger partial charge in [0.1, 0.15) is 12.2 Å². The zero-order valence-electron chi connectivity index (χ0n) is 13.5. The molecule has 0 saturated carbocycles. The number of pyridine rings is 1. The molecule has 2 aliphatic rings. The first-order valence-corrected chi connectivity index (χ1v) is 8.21. The fraction of sp³-hybridized carbons (Fsp3) is 0.471. The molecule has 126 valence electrons. The molecular weight excluding hydrogens is 308 g/mol. The van der Waals surface area contributed by atoms with Crippen molar-refractivity contribution >= 4 is 5.91 Å². The van der Waals surface area contributed by atoms with Gasteiger partial charge in [-0.05, 0) is 12.5 Å². The summed E-state index contributed by atoms with van der Waals surface area (Å²) in [5, 5.41) is 4.09. The lowest BCUT2D eigenvalue weighted by Gasteiger charge is -2.40. The van der Waals surface area contributed by atoms with Crippen LogP contribution in [-0.2, 0) is 11.8 Å². The molecule has 7 heteroatoms. The van der Waals surface area contributed by atoms with Gasteiger partial charge in [0.05, 0.1) is 17.8 Å². The van der Waals surface area contributed by atoms with Crippen LogP contribution < -0.4 is 4.74 Å². The number of carbonyl (C=O) groups excluding carboxylic acids is 1. The number of hydrogen-bond acceptors (Lipinski definition) is 5. The van der Waals surface area contributed by atoms with E-state index in [1.54, 1.807) is 23.3 Å². The Labute approximate surface area is 140 Å². The van der Waals surface area contributed by atoms with E-state index in [4.69, 9.17) is 9.47 Å². The summed E-state index contributed by atoms with van der Waals surface area (Å²) >= 11 is 0. The van der Waals surface area contributed by atoms with Gasteiger partial charge in [-0.2, -0.15) is 5.10 Å². The van der Waals surface area contributed by atoms with Crippen LogP contribution in [0.5, 0.6) is 5.88 Å². The van der Waals surface area contributed by atoms with E-state index in [1.807, 2.05) is 30.1 Å². The van der Waals surface area contributed by atoms with Crippen LogP contribution in [0.2, 0.25) is 0 Å². The van der Waals surface area contributed by atoms with E-state index in [9.17, 15) is 4.79 Å². The quantitative estimate of drug-likeness (QED) is 0.848. The third-order valence-electron chi connectivity index (χ3n) is 4.65. The Kier molecular flexibility index (Phi) is 3.93. The lowest BCUT2D eigenvalue weighted by Crippen LogP contribution is -2.56. The van der Waals surface area contributed by atoms with Gasteiger partial charge < -0.3 is 14.4 Å². The molecule has 0 aliphatic carbocycles. The van der Waals surface area contributed by atoms with Crippen molar-refractivity contribution in [2.45, 2.75) is 31.1 Å². The Morgan fingerprint density at radius 2 is 2.29 bits per heavy atom. The molecule has 0 N–H and O–H groups in total. The zero-order chi connectivity index (χ0) is 16.5. The first-order valence-electron chi connectivity index (χ1n) is 8.21. The number of aryl methyl sites for hydroxylation is 1. The minimum absolute atomic E-state index is 0.0138. The third kappa shape index (κ3) is 2.75. The molecule has 2 saturated heterocycles. The molecule has 1 amide bonds. The van der Waals surface area contributed by atoms with Gasteiger partial charge in [0, 0.05) is 45.1 Å². The maximum atomic E-state index is 12.8. The summed E-state index contributed by atoms with van der Waals surface area (Å²) in [7, 11) is 1.81. The second-order valence-corrected chi connectivity index (χ2v) is 6.21. The lowest BCUT2D eigenvalue weighted by molar-refractivity contribution is -0.0476. The van der Waals surface area contributed by atoms with E-state index in [1.165, 1.54) is 0 Å². The minimum atomic E-state index is -0.110. The summed E-state index contributed by atoms with van der Waals surface area (Å²) in [5.74, 6) is 0.615. The van der Waals surface area contributed by atoms with Gasteiger partial charge in [0.15, 0.2) is 0 Å². The summed E-state index contributed by atoms with van der Waals surface area (Å²) in [6, 6.07) is 5.64. The van der Waals surface area contributed by atoms with Gasteiger partial charge in [-0.1, -0.05) is 6.07 Å². The Morgan fingerprint density at radius 1 is 1.38 bits per heavy atom. The fourth-order valence-corrected chi connectivity index (χ4v) is 3.53. The molecule has 2 fully saturated rings. The maximum absolute atomic E-state index is 12.8. The minimum Gasteiger partial charge on any atom is -0.471 e. The monoisotopic (exact) mass is 328 g/mol. The number of ether oxygens (including phenoxy) is 2. The number of rotatable bonds is 3. The largest absolute Gasteiger partial charge is 0.471 e. The standard InChI is InChI=1S/C17H20N4O3/c1-20-11-12(10-19-20)17(22)21-8-5-14(16-13(21)6-9-23-16)24-15-4-2-3-7-18-15/h2-4,7,10-11,13-14,16H,5-6,8-9H2,1H3/t13-,14+,16-/m0/s1. The van der Waals surface area contributed by atoms with Gasteiger partial charge in [0.2, 0.25) is 5.88 Å². The highest BCUT2D eigenvalue weighted by Crippen LogP contribution is 2.31. The van der Waals surface area contributed by atoms with E-state index in [0.717, 1.165) is 12.8 Å². The number of fused-ring (bicyclic) bond motifs is 1. The summed E-state index contributed by atoms with van der Waals surface area (Å²) in [6.45, 7) is 1.30. The molecule has 2 aliphatic heterocycles. The molecule has 2 aromatic heterocycles. The second kappa shape index (κ2) is 6.24. The third-order valence-corrected chi connectivity index (χ3v) is 4.65. The Balaban J connectivity index is 1.50. The van der Waals surface area contributed by atoms with Gasteiger partial charge in [-0.15, -0.1) is 0 Å². The van der Waals surface area contributed by atoms with Gasteiger partial charge in [0.25, 0.3) is 5.91 Å². The van der Waals surface area contributed by atoms with Gasteiger partial charge in [-0.3, -0.25) is 9.48 Å². The van der Waals surface area contributed by atoms with Gasteiger partial charge in [-0.25, -0.2) is 4.98 Å². The fourth-order valence-electron chi connectivity index (χ4n) is 3.53. The molecule has 4 rings (SSSR count). The van der Waals surface area contributed by atoms with Crippen LogP contribution in [0.25, 0.3) is 0 Å². The molecule has 4 heterocycles. The van der Waals surface area contributed by atoms with Crippen molar-refractivity contribution < 1.29 is 14.3 Å². The SMILES string of the molecule is Cn1cc(C(=O)N2CC[C@@H](Oc3ccccn3)[C@H]3OCC[C@@H]32)cn1. The second-order valence-electron chi connectivity index (χ2n) is 6.21. The van der Waals surface area contributed by atoms with Gasteiger partial charge >= 0.3 is 0 Å². The Hall–Kier alpha value is -2.41. The normalized spacial score (nSPS) is 26.2. The van der Waals surface area contributed by atoms with Crippen molar-refractivity contribution in [1.29, 1.82) is 0 Å². The predicted octanol–water partition coefficient (Wildman–Crippen LogP) is 1.27. The first-order chi connectivity index (χ1) is 11.7. The first kappa shape index (κ1) is 15.1. The summed E-state index contributed by atoms with van der Waals surface area (Å²) in [5.41, 5.74) is 0.618. The van der Waals surface area contributed by atoms with E-state index in [0.29, 0.717) is 24.6 Å². The van der Waals surface area contributed by atoms with Crippen molar-refractivity contribution in [2.75, 3.05) is 13.2 Å². The van der Waals surface area contributed by atoms with E-state index >= 15 is 0 Å². The van der Waals surface area contributed by atoms with Crippen LogP contribution in [0.4, 0.5) is 0 Å². The Bertz CT molecular complexity index is 718. The number of hydrogen-bond donors (Lipinski definition) is 0. The number of amides is 1. The topological polar surface area (TPSA) is 69.5 Å².